The van der Waals surface area contributed by atoms with Crippen LogP contribution in [0.2, 0.25) is 0 Å². The van der Waals surface area contributed by atoms with Gasteiger partial charge < -0.3 is 0 Å². The Labute approximate surface area is 174 Å². The predicted octanol–water partition coefficient (Wildman–Crippen LogP) is 4.56. The number of nitrogens with zero attached hydrogens (tertiary/aromatic N) is 5. The average molecular weight is 400 g/mol. The van der Waals surface area contributed by atoms with Crippen molar-refractivity contribution in [3.05, 3.63) is 71.4 Å². The van der Waals surface area contributed by atoms with Gasteiger partial charge in [0.25, 0.3) is 5.56 Å². The SMILES string of the molecule is O=c1ccc2cnc(N(c3ccccc3)c3cn[nH]c3)nc2n1CC1CCCCC1. The number of para-hydroxylation sites is 1. The molecule has 1 saturated carbocycles. The molecule has 0 aliphatic heterocycles. The van der Waals surface area contributed by atoms with Crippen LogP contribution in [0.3, 0.4) is 0 Å². The summed E-state index contributed by atoms with van der Waals surface area (Å²) in [5.74, 6) is 1.04. The quantitative estimate of drug-likeness (QED) is 0.531. The first-order valence-electron chi connectivity index (χ1n) is 10.5. The van der Waals surface area contributed by atoms with Crippen LogP contribution in [0.1, 0.15) is 32.1 Å². The lowest BCUT2D eigenvalue weighted by Crippen LogP contribution is -2.26. The number of aromatic nitrogens is 5. The summed E-state index contributed by atoms with van der Waals surface area (Å²) < 4.78 is 1.83. The second-order valence-corrected chi connectivity index (χ2v) is 7.86. The van der Waals surface area contributed by atoms with Gasteiger partial charge in [0.15, 0.2) is 0 Å². The van der Waals surface area contributed by atoms with Crippen LogP contribution in [0.4, 0.5) is 17.3 Å². The van der Waals surface area contributed by atoms with Gasteiger partial charge in [-0.1, -0.05) is 37.5 Å². The second kappa shape index (κ2) is 8.10. The van der Waals surface area contributed by atoms with Crippen LogP contribution < -0.4 is 10.5 Å². The molecule has 0 bridgehead atoms. The maximum absolute atomic E-state index is 12.8. The zero-order valence-electron chi connectivity index (χ0n) is 16.7. The molecule has 1 N–H and O–H groups in total. The van der Waals surface area contributed by atoms with E-state index in [1.807, 2.05) is 45.9 Å². The molecular formula is C23H24N6O. The highest BCUT2D eigenvalue weighted by atomic mass is 16.1. The maximum atomic E-state index is 12.8. The number of rotatable bonds is 5. The van der Waals surface area contributed by atoms with E-state index in [9.17, 15) is 4.79 Å². The Morgan fingerprint density at radius 2 is 1.83 bits per heavy atom. The van der Waals surface area contributed by atoms with Gasteiger partial charge in [-0.15, -0.1) is 0 Å². The molecule has 0 spiro atoms. The molecule has 7 heteroatoms. The molecule has 1 aliphatic rings. The van der Waals surface area contributed by atoms with Crippen LogP contribution in [-0.2, 0) is 6.54 Å². The van der Waals surface area contributed by atoms with E-state index in [0.29, 0.717) is 24.1 Å². The van der Waals surface area contributed by atoms with Gasteiger partial charge in [0.2, 0.25) is 5.95 Å². The molecule has 4 aromatic rings. The number of benzene rings is 1. The number of nitrogens with one attached hydrogen (secondary N) is 1. The summed E-state index contributed by atoms with van der Waals surface area (Å²) in [6.07, 6.45) is 11.5. The van der Waals surface area contributed by atoms with Crippen molar-refractivity contribution in [1.29, 1.82) is 0 Å². The fraction of sp³-hybridized carbons (Fsp3) is 0.304. The zero-order chi connectivity index (χ0) is 20.3. The summed E-state index contributed by atoms with van der Waals surface area (Å²) in [6, 6.07) is 13.4. The first-order valence-corrected chi connectivity index (χ1v) is 10.5. The topological polar surface area (TPSA) is 79.7 Å². The van der Waals surface area contributed by atoms with Gasteiger partial charge in [-0.25, -0.2) is 4.98 Å². The molecule has 1 aliphatic carbocycles. The lowest BCUT2D eigenvalue weighted by molar-refractivity contribution is 0.319. The monoisotopic (exact) mass is 400 g/mol. The summed E-state index contributed by atoms with van der Waals surface area (Å²) in [4.78, 5) is 24.2. The van der Waals surface area contributed by atoms with E-state index in [1.54, 1.807) is 24.7 Å². The largest absolute Gasteiger partial charge is 0.292 e. The van der Waals surface area contributed by atoms with Gasteiger partial charge in [-0.3, -0.25) is 19.4 Å². The highest BCUT2D eigenvalue weighted by Crippen LogP contribution is 2.32. The van der Waals surface area contributed by atoms with E-state index >= 15 is 0 Å². The van der Waals surface area contributed by atoms with Crippen molar-refractivity contribution in [3.63, 3.8) is 0 Å². The van der Waals surface area contributed by atoms with Gasteiger partial charge in [-0.2, -0.15) is 10.1 Å². The minimum absolute atomic E-state index is 0.00713. The molecule has 0 amide bonds. The molecule has 1 fully saturated rings. The molecule has 0 atom stereocenters. The normalized spacial score (nSPS) is 14.8. The standard InChI is InChI=1S/C23H24N6O/c30-21-12-11-18-13-24-23(27-22(18)28(21)16-17-7-3-1-4-8-17)29(20-14-25-26-15-20)19-9-5-2-6-10-19/h2,5-6,9-15,17H,1,3-4,7-8,16H2,(H,25,26). The molecule has 7 nitrogen and oxygen atoms in total. The number of fused-ring (bicyclic) bond motifs is 1. The van der Waals surface area contributed by atoms with Crippen molar-refractivity contribution in [2.75, 3.05) is 4.90 Å². The van der Waals surface area contributed by atoms with Crippen LogP contribution in [0.5, 0.6) is 0 Å². The van der Waals surface area contributed by atoms with Gasteiger partial charge in [0, 0.05) is 36.1 Å². The third kappa shape index (κ3) is 3.58. The van der Waals surface area contributed by atoms with E-state index in [4.69, 9.17) is 4.98 Å². The number of pyridine rings is 1. The van der Waals surface area contributed by atoms with E-state index in [2.05, 4.69) is 15.2 Å². The fourth-order valence-electron chi connectivity index (χ4n) is 4.30. The molecule has 5 rings (SSSR count). The summed E-state index contributed by atoms with van der Waals surface area (Å²) in [7, 11) is 0. The smallest absolute Gasteiger partial charge is 0.252 e. The van der Waals surface area contributed by atoms with Crippen molar-refractivity contribution in [2.24, 2.45) is 5.92 Å². The van der Waals surface area contributed by atoms with Crippen molar-refractivity contribution >= 4 is 28.4 Å². The van der Waals surface area contributed by atoms with Crippen molar-refractivity contribution < 1.29 is 0 Å². The van der Waals surface area contributed by atoms with Gasteiger partial charge in [0.1, 0.15) is 5.65 Å². The maximum Gasteiger partial charge on any atom is 0.252 e. The Hall–Kier alpha value is -3.48. The number of anilines is 3. The highest BCUT2D eigenvalue weighted by Gasteiger charge is 2.19. The predicted molar refractivity (Wildman–Crippen MR) is 117 cm³/mol. The number of hydrogen-bond acceptors (Lipinski definition) is 5. The number of aromatic amines is 1. The number of hydrogen-bond donors (Lipinski definition) is 1. The Bertz CT molecular complexity index is 1180. The molecule has 0 radical (unpaired) electrons. The molecule has 3 aromatic heterocycles. The highest BCUT2D eigenvalue weighted by molar-refractivity contribution is 5.78. The molecule has 30 heavy (non-hydrogen) atoms. The minimum atomic E-state index is -0.00713. The third-order valence-electron chi connectivity index (χ3n) is 5.83. The first-order chi connectivity index (χ1) is 14.8. The average Bonchev–Trinajstić information content (AvgIpc) is 3.32. The second-order valence-electron chi connectivity index (χ2n) is 7.86. The third-order valence-corrected chi connectivity index (χ3v) is 5.83. The molecule has 0 saturated heterocycles. The van der Waals surface area contributed by atoms with Crippen molar-refractivity contribution in [3.8, 4) is 0 Å². The lowest BCUT2D eigenvalue weighted by atomic mass is 9.89. The van der Waals surface area contributed by atoms with E-state index < -0.39 is 0 Å². The lowest BCUT2D eigenvalue weighted by Gasteiger charge is -2.24. The number of H-pyrrole nitrogens is 1. The molecule has 0 unspecified atom stereocenters. The minimum Gasteiger partial charge on any atom is -0.292 e. The van der Waals surface area contributed by atoms with Crippen LogP contribution in [0.25, 0.3) is 11.0 Å². The summed E-state index contributed by atoms with van der Waals surface area (Å²) in [5, 5.41) is 7.82. The van der Waals surface area contributed by atoms with E-state index in [-0.39, 0.29) is 5.56 Å². The van der Waals surface area contributed by atoms with Crippen LogP contribution in [0.15, 0.2) is 65.8 Å². The van der Waals surface area contributed by atoms with Crippen molar-refractivity contribution in [2.45, 2.75) is 38.6 Å². The van der Waals surface area contributed by atoms with Gasteiger partial charge >= 0.3 is 0 Å². The van der Waals surface area contributed by atoms with Gasteiger partial charge in [-0.05, 0) is 37.0 Å². The molecule has 1 aromatic carbocycles. The van der Waals surface area contributed by atoms with Crippen LogP contribution in [-0.4, -0.2) is 24.7 Å². The Morgan fingerprint density at radius 1 is 1.00 bits per heavy atom. The zero-order valence-corrected chi connectivity index (χ0v) is 16.7. The molecule has 152 valence electrons. The summed E-state index contributed by atoms with van der Waals surface area (Å²) in [5.41, 5.74) is 2.43. The fourth-order valence-corrected chi connectivity index (χ4v) is 4.30. The first kappa shape index (κ1) is 18.5. The Kier molecular flexibility index (Phi) is 5.01. The van der Waals surface area contributed by atoms with E-state index in [1.165, 1.54) is 32.1 Å². The summed E-state index contributed by atoms with van der Waals surface area (Å²) >= 11 is 0. The Morgan fingerprint density at radius 3 is 2.60 bits per heavy atom. The molecular weight excluding hydrogens is 376 g/mol. The Balaban J connectivity index is 1.62. The van der Waals surface area contributed by atoms with E-state index in [0.717, 1.165) is 16.8 Å². The van der Waals surface area contributed by atoms with Gasteiger partial charge in [0.05, 0.1) is 11.9 Å². The van der Waals surface area contributed by atoms with Crippen LogP contribution in [0, 0.1) is 5.92 Å². The molecule has 3 heterocycles. The van der Waals surface area contributed by atoms with Crippen molar-refractivity contribution in [1.82, 2.24) is 24.7 Å². The van der Waals surface area contributed by atoms with Crippen LogP contribution >= 0.6 is 0 Å². The summed E-state index contributed by atoms with van der Waals surface area (Å²) in [6.45, 7) is 0.712.